The average Bonchev–Trinajstić information content (AvgIpc) is 2.44. The number of nitrogens with two attached hydrogens (primary N) is 1. The first-order chi connectivity index (χ1) is 10.4. The van der Waals surface area contributed by atoms with E-state index in [0.717, 1.165) is 34.4 Å². The van der Waals surface area contributed by atoms with Crippen LogP contribution in [0.15, 0.2) is 31.0 Å². The normalized spacial score (nSPS) is 14.5. The van der Waals surface area contributed by atoms with Gasteiger partial charge in [0, 0.05) is 10.9 Å². The quantitative estimate of drug-likeness (QED) is 0.787. The molecule has 0 heterocycles. The van der Waals surface area contributed by atoms with E-state index in [1.165, 1.54) is 11.6 Å². The molecule has 0 amide bonds. The molecule has 0 spiro atoms. The highest BCUT2D eigenvalue weighted by atomic mass is 14.5. The second-order valence-corrected chi connectivity index (χ2v) is 6.48. The SMILES string of the molecule is C=C=Cc1cc(=C(/C)N)/c(=C\CC(C)CC(C)C)cc1C=C. The molecule has 1 aromatic rings. The highest BCUT2D eigenvalue weighted by molar-refractivity contribution is 5.65. The van der Waals surface area contributed by atoms with Crippen molar-refractivity contribution in [3.63, 3.8) is 0 Å². The van der Waals surface area contributed by atoms with Crippen LogP contribution in [0.1, 0.15) is 51.7 Å². The highest BCUT2D eigenvalue weighted by Crippen LogP contribution is 2.15. The second kappa shape index (κ2) is 8.46. The van der Waals surface area contributed by atoms with Gasteiger partial charge in [0.25, 0.3) is 0 Å². The Morgan fingerprint density at radius 2 is 1.95 bits per heavy atom. The van der Waals surface area contributed by atoms with E-state index in [4.69, 9.17) is 5.73 Å². The average molecular weight is 295 g/mol. The molecule has 0 bridgehead atoms. The van der Waals surface area contributed by atoms with Crippen LogP contribution in [0.5, 0.6) is 0 Å². The first-order valence-electron chi connectivity index (χ1n) is 7.97. The third-order valence-corrected chi connectivity index (χ3v) is 3.77. The van der Waals surface area contributed by atoms with Crippen LogP contribution in [0.2, 0.25) is 0 Å². The maximum absolute atomic E-state index is 6.08. The Kier molecular flexibility index (Phi) is 6.95. The molecule has 2 N–H and O–H groups in total. The van der Waals surface area contributed by atoms with Gasteiger partial charge in [-0.15, -0.1) is 5.73 Å². The molecule has 1 aromatic carbocycles. The van der Waals surface area contributed by atoms with Crippen molar-refractivity contribution in [2.24, 2.45) is 17.6 Å². The van der Waals surface area contributed by atoms with Gasteiger partial charge in [-0.1, -0.05) is 46.1 Å². The maximum Gasteiger partial charge on any atom is 0.0129 e. The monoisotopic (exact) mass is 295 g/mol. The zero-order chi connectivity index (χ0) is 16.7. The zero-order valence-electron chi connectivity index (χ0n) is 14.4. The Bertz CT molecular complexity index is 681. The largest absolute Gasteiger partial charge is 0.402 e. The van der Waals surface area contributed by atoms with E-state index in [0.29, 0.717) is 5.92 Å². The Hall–Kier alpha value is -1.98. The van der Waals surface area contributed by atoms with Crippen molar-refractivity contribution in [2.75, 3.05) is 0 Å². The summed E-state index contributed by atoms with van der Waals surface area (Å²) in [6, 6.07) is 4.26. The van der Waals surface area contributed by atoms with E-state index in [9.17, 15) is 0 Å². The van der Waals surface area contributed by atoms with Gasteiger partial charge in [0.05, 0.1) is 0 Å². The summed E-state index contributed by atoms with van der Waals surface area (Å²) in [4.78, 5) is 0. The van der Waals surface area contributed by atoms with Crippen LogP contribution in [0.3, 0.4) is 0 Å². The van der Waals surface area contributed by atoms with Crippen molar-refractivity contribution in [1.82, 2.24) is 0 Å². The fourth-order valence-electron chi connectivity index (χ4n) is 2.80. The van der Waals surface area contributed by atoms with E-state index < -0.39 is 0 Å². The molecule has 0 aromatic heterocycles. The molecule has 1 atom stereocenters. The number of rotatable bonds is 6. The first-order valence-corrected chi connectivity index (χ1v) is 7.97. The molecular weight excluding hydrogens is 266 g/mol. The van der Waals surface area contributed by atoms with Gasteiger partial charge < -0.3 is 5.73 Å². The van der Waals surface area contributed by atoms with Crippen LogP contribution in [0.4, 0.5) is 0 Å². The Morgan fingerprint density at radius 3 is 2.45 bits per heavy atom. The lowest BCUT2D eigenvalue weighted by atomic mass is 9.95. The molecule has 0 saturated heterocycles. The van der Waals surface area contributed by atoms with Gasteiger partial charge in [-0.25, -0.2) is 0 Å². The molecule has 22 heavy (non-hydrogen) atoms. The summed E-state index contributed by atoms with van der Waals surface area (Å²) in [5.41, 5.74) is 11.9. The van der Waals surface area contributed by atoms with Gasteiger partial charge in [-0.3, -0.25) is 0 Å². The summed E-state index contributed by atoms with van der Waals surface area (Å²) in [7, 11) is 0. The molecule has 0 aliphatic heterocycles. The van der Waals surface area contributed by atoms with Crippen LogP contribution in [-0.4, -0.2) is 0 Å². The minimum Gasteiger partial charge on any atom is -0.402 e. The molecular formula is C21H29N. The topological polar surface area (TPSA) is 26.0 Å². The lowest BCUT2D eigenvalue weighted by Crippen LogP contribution is -2.30. The van der Waals surface area contributed by atoms with Crippen LogP contribution < -0.4 is 16.2 Å². The van der Waals surface area contributed by atoms with Crippen molar-refractivity contribution in [1.29, 1.82) is 0 Å². The third-order valence-electron chi connectivity index (χ3n) is 3.77. The molecule has 0 fully saturated rings. The molecule has 0 aliphatic carbocycles. The van der Waals surface area contributed by atoms with Gasteiger partial charge in [-0.2, -0.15) is 0 Å². The van der Waals surface area contributed by atoms with Gasteiger partial charge in [0.15, 0.2) is 0 Å². The van der Waals surface area contributed by atoms with Crippen LogP contribution in [0.25, 0.3) is 23.9 Å². The molecule has 1 heteroatoms. The van der Waals surface area contributed by atoms with Crippen molar-refractivity contribution < 1.29 is 0 Å². The molecule has 1 unspecified atom stereocenters. The molecule has 1 nitrogen and oxygen atoms in total. The standard InChI is InChI=1S/C21H29N/c1-7-9-19-14-21(17(6)22)20(13-18(19)8-2)11-10-16(5)12-15(3)4/h8-9,11,13-16H,1-2,10,12,22H2,3-6H3/b20-11-,21-17+. The fourth-order valence-corrected chi connectivity index (χ4v) is 2.80. The fraction of sp³-hybridized carbons (Fsp3) is 0.381. The van der Waals surface area contributed by atoms with E-state index >= 15 is 0 Å². The Labute approximate surface area is 135 Å². The predicted molar refractivity (Wildman–Crippen MR) is 100 cm³/mol. The molecule has 0 radical (unpaired) electrons. The van der Waals surface area contributed by atoms with Crippen LogP contribution in [-0.2, 0) is 0 Å². The number of benzene rings is 1. The lowest BCUT2D eigenvalue weighted by Gasteiger charge is -2.11. The van der Waals surface area contributed by atoms with Crippen LogP contribution in [0, 0.1) is 11.8 Å². The van der Waals surface area contributed by atoms with Crippen molar-refractivity contribution in [3.05, 3.63) is 52.6 Å². The van der Waals surface area contributed by atoms with E-state index in [2.05, 4.69) is 57.9 Å². The van der Waals surface area contributed by atoms with Crippen LogP contribution >= 0.6 is 0 Å². The van der Waals surface area contributed by atoms with E-state index in [-0.39, 0.29) is 0 Å². The maximum atomic E-state index is 6.08. The lowest BCUT2D eigenvalue weighted by molar-refractivity contribution is 0.449. The Morgan fingerprint density at radius 1 is 1.27 bits per heavy atom. The smallest absolute Gasteiger partial charge is 0.0129 e. The van der Waals surface area contributed by atoms with Gasteiger partial charge in [-0.05, 0) is 66.2 Å². The van der Waals surface area contributed by atoms with Gasteiger partial charge in [0.1, 0.15) is 0 Å². The molecule has 0 saturated carbocycles. The van der Waals surface area contributed by atoms with E-state index in [1.54, 1.807) is 0 Å². The van der Waals surface area contributed by atoms with Crippen molar-refractivity contribution in [2.45, 2.75) is 40.5 Å². The second-order valence-electron chi connectivity index (χ2n) is 6.48. The zero-order valence-corrected chi connectivity index (χ0v) is 14.4. The molecule has 1 rings (SSSR count). The summed E-state index contributed by atoms with van der Waals surface area (Å²) in [6.45, 7) is 16.3. The first kappa shape index (κ1) is 18.1. The molecule has 0 aliphatic rings. The number of hydrogen-bond acceptors (Lipinski definition) is 1. The third kappa shape index (κ3) is 5.09. The highest BCUT2D eigenvalue weighted by Gasteiger charge is 2.04. The summed E-state index contributed by atoms with van der Waals surface area (Å²) < 4.78 is 0. The summed E-state index contributed by atoms with van der Waals surface area (Å²) in [5.74, 6) is 1.40. The van der Waals surface area contributed by atoms with Crippen molar-refractivity contribution >= 4 is 23.9 Å². The van der Waals surface area contributed by atoms with Gasteiger partial charge >= 0.3 is 0 Å². The minimum atomic E-state index is 0.672. The van der Waals surface area contributed by atoms with Crippen molar-refractivity contribution in [3.8, 4) is 0 Å². The predicted octanol–water partition coefficient (Wildman–Crippen LogP) is 4.07. The Balaban J connectivity index is 3.38. The molecule has 118 valence electrons. The van der Waals surface area contributed by atoms with E-state index in [1.807, 2.05) is 19.1 Å². The van der Waals surface area contributed by atoms with Gasteiger partial charge in [0.2, 0.25) is 0 Å². The summed E-state index contributed by atoms with van der Waals surface area (Å²) >= 11 is 0. The minimum absolute atomic E-state index is 0.672. The summed E-state index contributed by atoms with van der Waals surface area (Å²) in [5, 5.41) is 2.27. The number of hydrogen-bond donors (Lipinski definition) is 1. The summed E-state index contributed by atoms with van der Waals surface area (Å²) in [6.07, 6.45) is 8.34.